The molecule has 136 valence electrons. The molecule has 1 N–H and O–H groups in total. The molecular formula is C15H24ClIN4O2S. The molecule has 0 aliphatic carbocycles. The highest BCUT2D eigenvalue weighted by molar-refractivity contribution is 14.0. The molecule has 1 aliphatic rings. The molecule has 0 amide bonds. The molecule has 24 heavy (non-hydrogen) atoms. The summed E-state index contributed by atoms with van der Waals surface area (Å²) >= 11 is 6.04. The number of benzene rings is 1. The van der Waals surface area contributed by atoms with Gasteiger partial charge in [-0.1, -0.05) is 17.7 Å². The van der Waals surface area contributed by atoms with Crippen LogP contribution in [-0.2, 0) is 9.84 Å². The van der Waals surface area contributed by atoms with Crippen LogP contribution in [0.3, 0.4) is 0 Å². The van der Waals surface area contributed by atoms with Crippen molar-refractivity contribution in [1.29, 1.82) is 0 Å². The second-order valence-corrected chi connectivity index (χ2v) is 8.25. The van der Waals surface area contributed by atoms with Gasteiger partial charge in [-0.15, -0.1) is 24.0 Å². The van der Waals surface area contributed by atoms with Gasteiger partial charge in [0.1, 0.15) is 9.84 Å². The van der Waals surface area contributed by atoms with E-state index in [4.69, 9.17) is 11.6 Å². The van der Waals surface area contributed by atoms with Crippen molar-refractivity contribution in [3.8, 4) is 0 Å². The number of hydrogen-bond acceptors (Lipinski definition) is 4. The molecule has 0 radical (unpaired) electrons. The molecule has 0 bridgehead atoms. The van der Waals surface area contributed by atoms with Crippen molar-refractivity contribution in [3.63, 3.8) is 0 Å². The first-order valence-corrected chi connectivity index (χ1v) is 9.97. The average molecular weight is 487 g/mol. The van der Waals surface area contributed by atoms with E-state index in [2.05, 4.69) is 26.2 Å². The van der Waals surface area contributed by atoms with Gasteiger partial charge in [-0.05, 0) is 18.2 Å². The maximum absolute atomic E-state index is 11.2. The van der Waals surface area contributed by atoms with Crippen LogP contribution in [0.1, 0.15) is 0 Å². The van der Waals surface area contributed by atoms with Gasteiger partial charge in [0, 0.05) is 56.7 Å². The zero-order chi connectivity index (χ0) is 16.9. The number of sulfone groups is 1. The first-order chi connectivity index (χ1) is 10.9. The normalized spacial score (nSPS) is 15.9. The molecule has 2 rings (SSSR count). The Morgan fingerprint density at radius 2 is 1.96 bits per heavy atom. The number of hydrogen-bond donors (Lipinski definition) is 1. The van der Waals surface area contributed by atoms with E-state index in [-0.39, 0.29) is 29.7 Å². The number of halogens is 2. The molecule has 9 heteroatoms. The lowest BCUT2D eigenvalue weighted by molar-refractivity contribution is 0.373. The van der Waals surface area contributed by atoms with Gasteiger partial charge in [-0.2, -0.15) is 0 Å². The number of anilines is 1. The number of piperazine rings is 1. The molecule has 1 aromatic rings. The topological polar surface area (TPSA) is 65.0 Å². The minimum absolute atomic E-state index is 0. The molecule has 1 fully saturated rings. The van der Waals surface area contributed by atoms with Crippen molar-refractivity contribution in [2.24, 2.45) is 4.99 Å². The second kappa shape index (κ2) is 9.67. The van der Waals surface area contributed by atoms with Crippen LogP contribution in [-0.4, -0.2) is 71.1 Å². The fourth-order valence-electron chi connectivity index (χ4n) is 2.53. The maximum atomic E-state index is 11.2. The Labute approximate surface area is 166 Å². The van der Waals surface area contributed by atoms with Crippen LogP contribution in [0.5, 0.6) is 0 Å². The summed E-state index contributed by atoms with van der Waals surface area (Å²) in [6.45, 7) is 3.76. The van der Waals surface area contributed by atoms with Crippen molar-refractivity contribution < 1.29 is 8.42 Å². The predicted octanol–water partition coefficient (Wildman–Crippen LogP) is 1.70. The lowest BCUT2D eigenvalue weighted by atomic mass is 10.2. The van der Waals surface area contributed by atoms with E-state index in [9.17, 15) is 8.42 Å². The van der Waals surface area contributed by atoms with Gasteiger partial charge in [-0.25, -0.2) is 8.42 Å². The minimum atomic E-state index is -2.96. The molecular weight excluding hydrogens is 463 g/mol. The van der Waals surface area contributed by atoms with Gasteiger partial charge in [0.15, 0.2) is 5.96 Å². The van der Waals surface area contributed by atoms with Crippen LogP contribution in [0.2, 0.25) is 5.02 Å². The monoisotopic (exact) mass is 486 g/mol. The van der Waals surface area contributed by atoms with E-state index in [0.717, 1.165) is 42.8 Å². The largest absolute Gasteiger partial charge is 0.368 e. The Bertz CT molecular complexity index is 661. The van der Waals surface area contributed by atoms with Crippen LogP contribution in [0.15, 0.2) is 29.3 Å². The van der Waals surface area contributed by atoms with E-state index in [0.29, 0.717) is 6.54 Å². The van der Waals surface area contributed by atoms with Gasteiger partial charge in [0.05, 0.1) is 5.75 Å². The van der Waals surface area contributed by atoms with E-state index < -0.39 is 9.84 Å². The van der Waals surface area contributed by atoms with Crippen molar-refractivity contribution in [1.82, 2.24) is 10.2 Å². The van der Waals surface area contributed by atoms with Crippen molar-refractivity contribution in [2.45, 2.75) is 0 Å². The van der Waals surface area contributed by atoms with E-state index in [1.807, 2.05) is 18.2 Å². The fourth-order valence-corrected chi connectivity index (χ4v) is 3.19. The van der Waals surface area contributed by atoms with E-state index in [1.54, 1.807) is 7.05 Å². The molecule has 0 saturated carbocycles. The Kier molecular flexibility index (Phi) is 8.58. The Balaban J connectivity index is 0.00000288. The lowest BCUT2D eigenvalue weighted by Crippen LogP contribution is -2.53. The van der Waals surface area contributed by atoms with Gasteiger partial charge >= 0.3 is 0 Å². The number of aliphatic imine (C=N–C) groups is 1. The summed E-state index contributed by atoms with van der Waals surface area (Å²) in [6.07, 6.45) is 1.24. The number of nitrogens with zero attached hydrogens (tertiary/aromatic N) is 3. The Morgan fingerprint density at radius 3 is 2.50 bits per heavy atom. The number of rotatable bonds is 4. The molecule has 0 unspecified atom stereocenters. The summed E-state index contributed by atoms with van der Waals surface area (Å²) in [7, 11) is -1.25. The SMILES string of the molecule is CN=C(NCCS(C)(=O)=O)N1CCN(c2cccc(Cl)c2)CC1.I. The lowest BCUT2D eigenvalue weighted by Gasteiger charge is -2.37. The highest BCUT2D eigenvalue weighted by atomic mass is 127. The molecule has 1 aliphatic heterocycles. The van der Waals surface area contributed by atoms with Gasteiger partial charge < -0.3 is 15.1 Å². The maximum Gasteiger partial charge on any atom is 0.193 e. The highest BCUT2D eigenvalue weighted by Gasteiger charge is 2.20. The van der Waals surface area contributed by atoms with Gasteiger partial charge in [0.2, 0.25) is 0 Å². The summed E-state index contributed by atoms with van der Waals surface area (Å²) in [5.74, 6) is 0.855. The summed E-state index contributed by atoms with van der Waals surface area (Å²) in [5.41, 5.74) is 1.12. The molecule has 6 nitrogen and oxygen atoms in total. The number of nitrogens with one attached hydrogen (secondary N) is 1. The van der Waals surface area contributed by atoms with Crippen LogP contribution >= 0.6 is 35.6 Å². The summed E-state index contributed by atoms with van der Waals surface area (Å²) in [6, 6.07) is 7.85. The predicted molar refractivity (Wildman–Crippen MR) is 112 cm³/mol. The standard InChI is InChI=1S/C15H23ClN4O2S.HI/c1-17-15(18-6-11-23(2,21)22)20-9-7-19(8-10-20)14-5-3-4-13(16)12-14;/h3-5,12H,6-11H2,1-2H3,(H,17,18);1H. The Hall–Kier alpha value is -0.740. The summed E-state index contributed by atoms with van der Waals surface area (Å²) in [5, 5.41) is 3.86. The van der Waals surface area contributed by atoms with Crippen LogP contribution in [0, 0.1) is 0 Å². The minimum Gasteiger partial charge on any atom is -0.368 e. The summed E-state index contributed by atoms with van der Waals surface area (Å²) < 4.78 is 22.4. The van der Waals surface area contributed by atoms with Crippen LogP contribution < -0.4 is 10.2 Å². The summed E-state index contributed by atoms with van der Waals surface area (Å²) in [4.78, 5) is 8.67. The molecule has 1 saturated heterocycles. The smallest absolute Gasteiger partial charge is 0.193 e. The van der Waals surface area contributed by atoms with E-state index >= 15 is 0 Å². The van der Waals surface area contributed by atoms with Crippen LogP contribution in [0.25, 0.3) is 0 Å². The van der Waals surface area contributed by atoms with Crippen LogP contribution in [0.4, 0.5) is 5.69 Å². The van der Waals surface area contributed by atoms with Crippen molar-refractivity contribution >= 4 is 57.1 Å². The highest BCUT2D eigenvalue weighted by Crippen LogP contribution is 2.20. The molecule has 0 spiro atoms. The zero-order valence-electron chi connectivity index (χ0n) is 13.9. The quantitative estimate of drug-likeness (QED) is 0.399. The zero-order valence-corrected chi connectivity index (χ0v) is 17.8. The van der Waals surface area contributed by atoms with E-state index in [1.165, 1.54) is 6.26 Å². The van der Waals surface area contributed by atoms with Crippen molar-refractivity contribution in [3.05, 3.63) is 29.3 Å². The fraction of sp³-hybridized carbons (Fsp3) is 0.533. The molecule has 0 atom stereocenters. The van der Waals surface area contributed by atoms with Crippen molar-refractivity contribution in [2.75, 3.05) is 56.7 Å². The average Bonchev–Trinajstić information content (AvgIpc) is 2.51. The number of guanidine groups is 1. The van der Waals surface area contributed by atoms with Gasteiger partial charge in [0.25, 0.3) is 0 Å². The third-order valence-corrected chi connectivity index (χ3v) is 4.90. The molecule has 0 aromatic heterocycles. The van der Waals surface area contributed by atoms with Gasteiger partial charge in [-0.3, -0.25) is 4.99 Å². The third-order valence-electron chi connectivity index (χ3n) is 3.72. The first kappa shape index (κ1) is 21.3. The first-order valence-electron chi connectivity index (χ1n) is 7.53. The Morgan fingerprint density at radius 1 is 1.29 bits per heavy atom. The third kappa shape index (κ3) is 6.64. The molecule has 1 heterocycles. The second-order valence-electron chi connectivity index (χ2n) is 5.56. The molecule has 1 aromatic carbocycles.